The summed E-state index contributed by atoms with van der Waals surface area (Å²) < 4.78 is 69.4. The number of carboxylic acids is 1. The highest BCUT2D eigenvalue weighted by atomic mass is 35.5. The molecule has 1 fully saturated rings. The van der Waals surface area contributed by atoms with E-state index in [9.17, 15) is 27.5 Å². The van der Waals surface area contributed by atoms with E-state index in [0.29, 0.717) is 60.8 Å². The van der Waals surface area contributed by atoms with Gasteiger partial charge in [0.15, 0.2) is 0 Å². The van der Waals surface area contributed by atoms with Crippen molar-refractivity contribution >= 4 is 28.6 Å². The number of imidazole rings is 1. The largest absolute Gasteiger partial charge is 0.478 e. The molecule has 0 spiro atoms. The number of rotatable bonds is 8. The number of pyridine rings is 1. The Morgan fingerprint density at radius 3 is 2.72 bits per heavy atom. The van der Waals surface area contributed by atoms with Gasteiger partial charge in [0.2, 0.25) is 5.88 Å². The third kappa shape index (κ3) is 6.31. The Kier molecular flexibility index (Phi) is 8.01. The molecule has 1 N–H and O–H groups in total. The first kappa shape index (κ1) is 29.3. The molecule has 0 bridgehead atoms. The molecule has 13 heteroatoms. The minimum Gasteiger partial charge on any atom is -0.478 e. The number of halogens is 5. The smallest absolute Gasteiger partial charge is 0.421 e. The van der Waals surface area contributed by atoms with Crippen molar-refractivity contribution in [1.29, 1.82) is 0 Å². The second-order valence-corrected chi connectivity index (χ2v) is 11.1. The highest BCUT2D eigenvalue weighted by Crippen LogP contribution is 2.38. The van der Waals surface area contributed by atoms with E-state index >= 15 is 0 Å². The molecule has 0 radical (unpaired) electrons. The lowest BCUT2D eigenvalue weighted by molar-refractivity contribution is -0.139. The van der Waals surface area contributed by atoms with Gasteiger partial charge in [0, 0.05) is 30.3 Å². The van der Waals surface area contributed by atoms with Crippen LogP contribution in [0.3, 0.4) is 0 Å². The van der Waals surface area contributed by atoms with E-state index in [1.165, 1.54) is 18.2 Å². The number of carboxylic acid groups (broad SMARTS) is 1. The van der Waals surface area contributed by atoms with E-state index in [1.54, 1.807) is 12.1 Å². The van der Waals surface area contributed by atoms with Gasteiger partial charge < -0.3 is 19.1 Å². The van der Waals surface area contributed by atoms with E-state index in [0.717, 1.165) is 25.0 Å². The fourth-order valence-electron chi connectivity index (χ4n) is 5.55. The van der Waals surface area contributed by atoms with Crippen molar-refractivity contribution in [3.63, 3.8) is 0 Å². The monoisotopic (exact) mass is 618 g/mol. The van der Waals surface area contributed by atoms with Crippen molar-refractivity contribution in [2.45, 2.75) is 57.8 Å². The van der Waals surface area contributed by atoms with E-state index in [4.69, 9.17) is 26.1 Å². The Labute approximate surface area is 248 Å². The Hall–Kier alpha value is -3.74. The molecule has 1 saturated heterocycles. The Morgan fingerprint density at radius 1 is 1.16 bits per heavy atom. The number of ether oxygens (including phenoxy) is 2. The summed E-state index contributed by atoms with van der Waals surface area (Å²) in [5.74, 6) is -1.65. The second-order valence-electron chi connectivity index (χ2n) is 10.7. The van der Waals surface area contributed by atoms with Crippen LogP contribution in [0.2, 0.25) is 5.02 Å². The maximum Gasteiger partial charge on any atom is 0.421 e. The summed E-state index contributed by atoms with van der Waals surface area (Å²) in [6.07, 6.45) is -2.60. The summed E-state index contributed by atoms with van der Waals surface area (Å²) >= 11 is 5.78. The summed E-state index contributed by atoms with van der Waals surface area (Å²) in [6.45, 7) is 1.78. The lowest BCUT2D eigenvalue weighted by Crippen LogP contribution is -2.33. The van der Waals surface area contributed by atoms with Crippen molar-refractivity contribution < 1.29 is 36.9 Å². The van der Waals surface area contributed by atoms with Crippen LogP contribution in [0.4, 0.5) is 17.6 Å². The number of aromatic carboxylic acids is 1. The molecule has 43 heavy (non-hydrogen) atoms. The molecular formula is C30H27ClF4N4O4. The van der Waals surface area contributed by atoms with Gasteiger partial charge in [-0.3, -0.25) is 4.90 Å². The third-order valence-electron chi connectivity index (χ3n) is 7.76. The maximum atomic E-state index is 14.3. The van der Waals surface area contributed by atoms with Gasteiger partial charge in [0.25, 0.3) is 0 Å². The summed E-state index contributed by atoms with van der Waals surface area (Å²) in [5, 5.41) is 9.69. The minimum atomic E-state index is -4.71. The molecule has 1 atom stereocenters. The second kappa shape index (κ2) is 11.7. The summed E-state index contributed by atoms with van der Waals surface area (Å²) in [6, 6.07) is 9.70. The number of carbonyl (C=O) groups is 1. The predicted octanol–water partition coefficient (Wildman–Crippen LogP) is 6.26. The first-order valence-corrected chi connectivity index (χ1v) is 14.2. The van der Waals surface area contributed by atoms with Crippen molar-refractivity contribution in [3.8, 4) is 5.88 Å². The van der Waals surface area contributed by atoms with Gasteiger partial charge in [-0.1, -0.05) is 17.7 Å². The molecule has 6 rings (SSSR count). The quantitative estimate of drug-likeness (QED) is 0.233. The van der Waals surface area contributed by atoms with E-state index in [2.05, 4.69) is 4.98 Å². The Morgan fingerprint density at radius 2 is 2.00 bits per heavy atom. The van der Waals surface area contributed by atoms with Crippen LogP contribution in [0.1, 0.15) is 51.4 Å². The van der Waals surface area contributed by atoms with Crippen LogP contribution >= 0.6 is 11.6 Å². The number of nitrogens with zero attached hydrogens (tertiary/aromatic N) is 4. The Bertz CT molecular complexity index is 1690. The minimum absolute atomic E-state index is 0.0284. The van der Waals surface area contributed by atoms with Gasteiger partial charge in [-0.15, -0.1) is 0 Å². The number of alkyl halides is 3. The molecule has 0 unspecified atom stereocenters. The highest BCUT2D eigenvalue weighted by molar-refractivity contribution is 6.30. The van der Waals surface area contributed by atoms with E-state index in [-0.39, 0.29) is 28.8 Å². The molecular weight excluding hydrogens is 592 g/mol. The molecule has 4 heterocycles. The van der Waals surface area contributed by atoms with Gasteiger partial charge in [0.1, 0.15) is 23.8 Å². The molecule has 4 aromatic rings. The summed E-state index contributed by atoms with van der Waals surface area (Å²) in [7, 11) is 0. The van der Waals surface area contributed by atoms with Gasteiger partial charge in [0.05, 0.1) is 41.5 Å². The standard InChI is InChI=1S/C30H27ClF4N4O4/c31-20-5-3-19(23(32)12-20)16-43-28-22(30(33,34)35)10-17-7-8-38(14-25(17)37-28)15-27-36-24-6-4-18(29(40)41)11-26(24)39(27)13-21-2-1-9-42-21/h3-6,10-12,21H,1-2,7-9,13-16H2,(H,40,41)/t21-/m1/s1. The van der Waals surface area contributed by atoms with Crippen LogP contribution in [-0.4, -0.2) is 49.8 Å². The van der Waals surface area contributed by atoms with Gasteiger partial charge in [-0.05, 0) is 61.2 Å². The molecule has 226 valence electrons. The topological polar surface area (TPSA) is 89.7 Å². The lowest BCUT2D eigenvalue weighted by atomic mass is 10.0. The molecule has 2 aliphatic heterocycles. The normalized spacial score (nSPS) is 17.4. The van der Waals surface area contributed by atoms with Crippen LogP contribution in [0.25, 0.3) is 11.0 Å². The maximum absolute atomic E-state index is 14.3. The zero-order valence-corrected chi connectivity index (χ0v) is 23.6. The van der Waals surface area contributed by atoms with Crippen LogP contribution < -0.4 is 4.74 Å². The summed E-state index contributed by atoms with van der Waals surface area (Å²) in [4.78, 5) is 22.7. The third-order valence-corrected chi connectivity index (χ3v) is 8.00. The molecule has 2 aromatic heterocycles. The predicted molar refractivity (Wildman–Crippen MR) is 148 cm³/mol. The van der Waals surface area contributed by atoms with Gasteiger partial charge >= 0.3 is 12.1 Å². The van der Waals surface area contributed by atoms with Crippen molar-refractivity contribution in [1.82, 2.24) is 19.4 Å². The van der Waals surface area contributed by atoms with Crippen molar-refractivity contribution in [2.75, 3.05) is 13.2 Å². The fourth-order valence-corrected chi connectivity index (χ4v) is 5.71. The number of fused-ring (bicyclic) bond motifs is 2. The van der Waals surface area contributed by atoms with Gasteiger partial charge in [-0.2, -0.15) is 13.2 Å². The summed E-state index contributed by atoms with van der Waals surface area (Å²) in [5.41, 5.74) is 1.41. The van der Waals surface area contributed by atoms with E-state index < -0.39 is 36.0 Å². The average Bonchev–Trinajstić information content (AvgIpc) is 3.59. The van der Waals surface area contributed by atoms with Crippen LogP contribution in [0.15, 0.2) is 42.5 Å². The number of hydrogen-bond acceptors (Lipinski definition) is 6. The van der Waals surface area contributed by atoms with Gasteiger partial charge in [-0.25, -0.2) is 19.2 Å². The molecule has 2 aromatic carbocycles. The zero-order valence-electron chi connectivity index (χ0n) is 22.8. The van der Waals surface area contributed by atoms with Crippen molar-refractivity contribution in [2.24, 2.45) is 0 Å². The molecule has 2 aliphatic rings. The molecule has 0 aliphatic carbocycles. The molecule has 0 saturated carbocycles. The average molecular weight is 619 g/mol. The van der Waals surface area contributed by atoms with Crippen molar-refractivity contribution in [3.05, 3.63) is 87.1 Å². The first-order chi connectivity index (χ1) is 20.5. The number of benzene rings is 2. The van der Waals surface area contributed by atoms with Crippen LogP contribution in [0, 0.1) is 5.82 Å². The fraction of sp³-hybridized carbons (Fsp3) is 0.367. The SMILES string of the molecule is O=C(O)c1ccc2nc(CN3CCc4cc(C(F)(F)F)c(OCc5ccc(Cl)cc5F)nc4C3)n(C[C@H]3CCCO3)c2c1. The number of aromatic nitrogens is 3. The van der Waals surface area contributed by atoms with Crippen LogP contribution in [0.5, 0.6) is 5.88 Å². The first-order valence-electron chi connectivity index (χ1n) is 13.8. The zero-order chi connectivity index (χ0) is 30.3. The molecule has 8 nitrogen and oxygen atoms in total. The molecule has 0 amide bonds. The van der Waals surface area contributed by atoms with Crippen LogP contribution in [-0.2, 0) is 43.6 Å². The Balaban J connectivity index is 1.27. The lowest BCUT2D eigenvalue weighted by Gasteiger charge is -2.29. The highest BCUT2D eigenvalue weighted by Gasteiger charge is 2.37. The number of hydrogen-bond donors (Lipinski definition) is 1. The van der Waals surface area contributed by atoms with E-state index in [1.807, 2.05) is 9.47 Å².